The van der Waals surface area contributed by atoms with Gasteiger partial charge < -0.3 is 14.2 Å². The molecular weight excluding hydrogens is 1100 g/mol. The minimum atomic E-state index is -0.804. The van der Waals surface area contributed by atoms with Crippen molar-refractivity contribution in [1.82, 2.24) is 0 Å². The number of benzene rings is 12. The molecule has 2 aliphatic carbocycles. The van der Waals surface area contributed by atoms with Crippen molar-refractivity contribution in [2.75, 3.05) is 9.80 Å². The van der Waals surface area contributed by atoms with Gasteiger partial charge in [0.15, 0.2) is 0 Å². The first kappa shape index (κ1) is 54.9. The summed E-state index contributed by atoms with van der Waals surface area (Å²) in [6, 6.07) is 78.7. The summed E-state index contributed by atoms with van der Waals surface area (Å²) >= 11 is 0. The van der Waals surface area contributed by atoms with Crippen LogP contribution in [-0.4, -0.2) is 0 Å². The van der Waals surface area contributed by atoms with E-state index >= 15 is 17.6 Å². The van der Waals surface area contributed by atoms with Gasteiger partial charge in [0, 0.05) is 57.8 Å². The maximum Gasteiger partial charge on any atom is 0.150 e. The number of fused-ring (bicyclic) bond motifs is 9. The number of halogens is 4. The zero-order valence-electron chi connectivity index (χ0n) is 49.5. The molecule has 0 bridgehead atoms. The maximum absolute atomic E-state index is 16.8. The van der Waals surface area contributed by atoms with Crippen LogP contribution in [0, 0.1) is 51.0 Å². The fourth-order valence-corrected chi connectivity index (χ4v) is 14.6. The van der Waals surface area contributed by atoms with Gasteiger partial charge in [-0.2, -0.15) is 0 Å². The zero-order chi connectivity index (χ0) is 61.0. The molecule has 3 nitrogen and oxygen atoms in total. The van der Waals surface area contributed by atoms with Crippen molar-refractivity contribution in [3.63, 3.8) is 0 Å². The highest BCUT2D eigenvalue weighted by molar-refractivity contribution is 6.07. The van der Waals surface area contributed by atoms with Crippen LogP contribution in [0.4, 0.5) is 51.7 Å². The molecule has 0 aliphatic heterocycles. The Morgan fingerprint density at radius 2 is 0.730 bits per heavy atom. The molecule has 13 aromatic rings. The van der Waals surface area contributed by atoms with Crippen molar-refractivity contribution >= 4 is 68.2 Å². The molecule has 0 amide bonds. The van der Waals surface area contributed by atoms with E-state index in [4.69, 9.17) is 4.42 Å². The second-order valence-corrected chi connectivity index (χ2v) is 23.7. The summed E-state index contributed by atoms with van der Waals surface area (Å²) in [5.41, 5.74) is 21.4. The Kier molecular flexibility index (Phi) is 12.9. The molecule has 1 heterocycles. The van der Waals surface area contributed by atoms with Crippen LogP contribution in [0.15, 0.2) is 260 Å². The van der Waals surface area contributed by atoms with E-state index in [1.165, 1.54) is 24.3 Å². The quantitative estimate of drug-likeness (QED) is 0.114. The van der Waals surface area contributed by atoms with Crippen molar-refractivity contribution in [2.24, 2.45) is 0 Å². The van der Waals surface area contributed by atoms with Crippen molar-refractivity contribution in [3.8, 4) is 22.3 Å². The molecule has 7 heteroatoms. The minimum Gasteiger partial charge on any atom is -0.456 e. The molecule has 0 saturated carbocycles. The zero-order valence-corrected chi connectivity index (χ0v) is 49.5. The van der Waals surface area contributed by atoms with E-state index in [1.807, 2.05) is 70.5 Å². The Bertz CT molecular complexity index is 4760. The number of nitrogens with zero attached hydrogens (tertiary/aromatic N) is 2. The van der Waals surface area contributed by atoms with Gasteiger partial charge in [-0.1, -0.05) is 182 Å². The summed E-state index contributed by atoms with van der Waals surface area (Å²) in [6.45, 7) is 16.6. The highest BCUT2D eigenvalue weighted by atomic mass is 19.1. The molecule has 12 aromatic carbocycles. The number of furan rings is 1. The van der Waals surface area contributed by atoms with Gasteiger partial charge in [0.1, 0.15) is 34.4 Å². The predicted molar refractivity (Wildman–Crippen MR) is 357 cm³/mol. The van der Waals surface area contributed by atoms with Crippen LogP contribution in [0.5, 0.6) is 0 Å². The summed E-state index contributed by atoms with van der Waals surface area (Å²) in [4.78, 5) is 3.64. The van der Waals surface area contributed by atoms with Crippen LogP contribution in [0.3, 0.4) is 0 Å². The van der Waals surface area contributed by atoms with E-state index in [9.17, 15) is 0 Å². The first-order valence-corrected chi connectivity index (χ1v) is 29.9. The normalized spacial score (nSPS) is 15.4. The van der Waals surface area contributed by atoms with Gasteiger partial charge in [0.05, 0.1) is 22.2 Å². The highest BCUT2D eigenvalue weighted by Crippen LogP contribution is 2.60. The standard InChI is InChI=1S/C82H58F4N2O/c1-7-53-21-25-55(26-22-53)81(71-41-49(3)17-19-51(71)5)69-15-11-9-13-63(69)65-35-31-59(45-73(65)81)87(77-39-29-57(83)43-75(77)85)61-33-37-67-68-38-34-62(48-80(68)89-79(67)47-61)88(78-40-30-58(84)44-76(78)86)60-32-36-66-64-14-10-12-16-70(64)82(74(66)46-60,56-27-23-54(8-2)24-28-56)72-42-50(4)18-20-52(72)6/h7-48H,1-2H2,3-6H3. The van der Waals surface area contributed by atoms with Gasteiger partial charge in [-0.15, -0.1) is 0 Å². The fourth-order valence-electron chi connectivity index (χ4n) is 14.6. The largest absolute Gasteiger partial charge is 0.456 e. The third-order valence-electron chi connectivity index (χ3n) is 18.6. The van der Waals surface area contributed by atoms with Crippen LogP contribution in [-0.2, 0) is 10.8 Å². The van der Waals surface area contributed by atoms with Crippen molar-refractivity contribution in [2.45, 2.75) is 38.5 Å². The topological polar surface area (TPSA) is 19.6 Å². The Labute approximate surface area is 515 Å². The number of rotatable bonds is 12. The average Bonchev–Trinajstić information content (AvgIpc) is 1.57. The summed E-state index contributed by atoms with van der Waals surface area (Å²) in [5, 5.41) is 1.57. The van der Waals surface area contributed by atoms with E-state index in [0.717, 1.165) is 123 Å². The van der Waals surface area contributed by atoms with Crippen molar-refractivity contribution in [1.29, 1.82) is 0 Å². The molecule has 1 aromatic heterocycles. The highest BCUT2D eigenvalue weighted by Gasteiger charge is 2.49. The third-order valence-corrected chi connectivity index (χ3v) is 18.6. The maximum atomic E-state index is 16.8. The molecule has 2 atom stereocenters. The van der Waals surface area contributed by atoms with Crippen LogP contribution < -0.4 is 9.80 Å². The summed E-state index contributed by atoms with van der Waals surface area (Å²) in [5.74, 6) is -2.89. The van der Waals surface area contributed by atoms with Crippen LogP contribution in [0.25, 0.3) is 56.3 Å². The third kappa shape index (κ3) is 8.47. The second kappa shape index (κ2) is 21.0. The Balaban J connectivity index is 0.907. The van der Waals surface area contributed by atoms with Gasteiger partial charge in [-0.25, -0.2) is 17.6 Å². The first-order chi connectivity index (χ1) is 43.3. The van der Waals surface area contributed by atoms with Crippen LogP contribution >= 0.6 is 0 Å². The van der Waals surface area contributed by atoms with E-state index in [2.05, 4.69) is 199 Å². The lowest BCUT2D eigenvalue weighted by Crippen LogP contribution is -2.30. The average molecular weight is 1160 g/mol. The Morgan fingerprint density at radius 3 is 1.13 bits per heavy atom. The molecular formula is C82H58F4N2O. The molecule has 2 unspecified atom stereocenters. The van der Waals surface area contributed by atoms with E-state index < -0.39 is 34.1 Å². The van der Waals surface area contributed by atoms with Crippen LogP contribution in [0.1, 0.15) is 77.9 Å². The van der Waals surface area contributed by atoms with E-state index in [-0.39, 0.29) is 11.4 Å². The number of hydrogen-bond donors (Lipinski definition) is 0. The minimum absolute atomic E-state index is 0.136. The number of aryl methyl sites for hydroxylation is 4. The van der Waals surface area contributed by atoms with Gasteiger partial charge in [-0.05, 0) is 190 Å². The second-order valence-electron chi connectivity index (χ2n) is 23.7. The molecule has 89 heavy (non-hydrogen) atoms. The van der Waals surface area contributed by atoms with Crippen LogP contribution in [0.2, 0.25) is 0 Å². The van der Waals surface area contributed by atoms with E-state index in [1.54, 1.807) is 0 Å². The van der Waals surface area contributed by atoms with Crippen molar-refractivity contribution < 1.29 is 22.0 Å². The smallest absolute Gasteiger partial charge is 0.150 e. The SMILES string of the molecule is C=Cc1ccc(C2(c3cc(C)ccc3C)c3ccccc3-c3ccc(N(c4ccc5c(c4)oc4cc(N(c6ccc7c(c6)C(c6ccc(C=C)cc6)(c6cc(C)ccc6C)c6ccccc6-7)c6ccc(F)cc6F)ccc45)c4ccc(F)cc4F)cc32)cc1. The Hall–Kier alpha value is -10.8. The lowest BCUT2D eigenvalue weighted by Gasteiger charge is -2.36. The lowest BCUT2D eigenvalue weighted by atomic mass is 9.66. The lowest BCUT2D eigenvalue weighted by molar-refractivity contribution is 0.583. The van der Waals surface area contributed by atoms with Crippen molar-refractivity contribution in [3.05, 3.63) is 357 Å². The van der Waals surface area contributed by atoms with Gasteiger partial charge in [0.25, 0.3) is 0 Å². The molecule has 0 fully saturated rings. The summed E-state index contributed by atoms with van der Waals surface area (Å²) < 4.78 is 70.6. The summed E-state index contributed by atoms with van der Waals surface area (Å²) in [7, 11) is 0. The molecule has 15 rings (SSSR count). The van der Waals surface area contributed by atoms with Gasteiger partial charge in [-0.3, -0.25) is 0 Å². The van der Waals surface area contributed by atoms with Gasteiger partial charge in [0.2, 0.25) is 0 Å². The predicted octanol–water partition coefficient (Wildman–Crippen LogP) is 22.3. The monoisotopic (exact) mass is 1160 g/mol. The number of hydrogen-bond acceptors (Lipinski definition) is 3. The molecule has 2 aliphatic rings. The fraction of sp³-hybridized carbons (Fsp3) is 0.0732. The van der Waals surface area contributed by atoms with E-state index in [0.29, 0.717) is 33.9 Å². The number of anilines is 6. The molecule has 0 spiro atoms. The molecule has 0 N–H and O–H groups in total. The summed E-state index contributed by atoms with van der Waals surface area (Å²) in [6.07, 6.45) is 3.69. The molecule has 430 valence electrons. The molecule has 0 radical (unpaired) electrons. The molecule has 0 saturated heterocycles. The first-order valence-electron chi connectivity index (χ1n) is 29.9. The van der Waals surface area contributed by atoms with Gasteiger partial charge >= 0.3 is 0 Å². The Morgan fingerprint density at radius 1 is 0.348 bits per heavy atom.